The lowest BCUT2D eigenvalue weighted by Gasteiger charge is -2.15. The van der Waals surface area contributed by atoms with E-state index in [-0.39, 0.29) is 17.9 Å². The van der Waals surface area contributed by atoms with Crippen molar-refractivity contribution in [3.05, 3.63) is 23.8 Å². The summed E-state index contributed by atoms with van der Waals surface area (Å²) in [5.74, 6) is 0.591. The normalized spacial score (nSPS) is 21.7. The molecule has 2 rings (SSSR count). The third-order valence-corrected chi connectivity index (χ3v) is 3.72. The number of carbonyl (C=O) groups is 1. The van der Waals surface area contributed by atoms with E-state index >= 15 is 0 Å². The number of hydrogen-bond donors (Lipinski definition) is 3. The van der Waals surface area contributed by atoms with Gasteiger partial charge in [0.2, 0.25) is 0 Å². The number of hydrogen-bond acceptors (Lipinski definition) is 4. The molecule has 1 saturated carbocycles. The second kappa shape index (κ2) is 6.61. The van der Waals surface area contributed by atoms with Crippen molar-refractivity contribution in [1.29, 1.82) is 0 Å². The van der Waals surface area contributed by atoms with Gasteiger partial charge >= 0.3 is 0 Å². The minimum atomic E-state index is -0.291. The Morgan fingerprint density at radius 2 is 2.30 bits per heavy atom. The molecule has 0 saturated heterocycles. The van der Waals surface area contributed by atoms with E-state index in [1.165, 1.54) is 0 Å². The molecule has 110 valence electrons. The molecule has 0 heterocycles. The smallest absolute Gasteiger partial charge is 0.251 e. The van der Waals surface area contributed by atoms with Crippen molar-refractivity contribution in [2.24, 2.45) is 5.92 Å². The molecule has 5 heteroatoms. The summed E-state index contributed by atoms with van der Waals surface area (Å²) >= 11 is 0. The van der Waals surface area contributed by atoms with Crippen molar-refractivity contribution < 1.29 is 14.6 Å². The highest BCUT2D eigenvalue weighted by Crippen LogP contribution is 2.25. The number of amides is 1. The molecule has 0 aromatic heterocycles. The van der Waals surface area contributed by atoms with Crippen LogP contribution in [0.1, 0.15) is 36.5 Å². The molecule has 5 nitrogen and oxygen atoms in total. The number of carbonyl (C=O) groups excluding carboxylic acids is 1. The topological polar surface area (TPSA) is 84.6 Å². The standard InChI is InChI=1S/C15H22N2O3/c1-2-20-14-7-6-10(8-12(14)16)15(19)17-9-11-4-3-5-13(11)18/h6-8,11,13,18H,2-5,9,16H2,1H3,(H,17,19). The second-order valence-corrected chi connectivity index (χ2v) is 5.15. The fraction of sp³-hybridized carbons (Fsp3) is 0.533. The predicted molar refractivity (Wildman–Crippen MR) is 77.7 cm³/mol. The Morgan fingerprint density at radius 1 is 1.50 bits per heavy atom. The first-order valence-electron chi connectivity index (χ1n) is 7.10. The Kier molecular flexibility index (Phi) is 4.84. The first kappa shape index (κ1) is 14.7. The fourth-order valence-electron chi connectivity index (χ4n) is 2.56. The number of nitrogen functional groups attached to an aromatic ring is 1. The number of nitrogens with two attached hydrogens (primary N) is 1. The Hall–Kier alpha value is -1.75. The molecule has 4 N–H and O–H groups in total. The minimum absolute atomic E-state index is 0.166. The van der Waals surface area contributed by atoms with Crippen LogP contribution >= 0.6 is 0 Å². The molecule has 1 aromatic carbocycles. The maximum absolute atomic E-state index is 12.0. The van der Waals surface area contributed by atoms with Gasteiger partial charge in [0.15, 0.2) is 0 Å². The van der Waals surface area contributed by atoms with Gasteiger partial charge in [0.1, 0.15) is 5.75 Å². The van der Waals surface area contributed by atoms with Gasteiger partial charge in [0.25, 0.3) is 5.91 Å². The van der Waals surface area contributed by atoms with Gasteiger partial charge in [-0.05, 0) is 38.0 Å². The van der Waals surface area contributed by atoms with E-state index in [0.29, 0.717) is 30.2 Å². The van der Waals surface area contributed by atoms with Crippen LogP contribution in [-0.2, 0) is 0 Å². The van der Waals surface area contributed by atoms with Gasteiger partial charge in [-0.1, -0.05) is 6.42 Å². The summed E-state index contributed by atoms with van der Waals surface area (Å²) in [6, 6.07) is 5.02. The first-order chi connectivity index (χ1) is 9.61. The summed E-state index contributed by atoms with van der Waals surface area (Å²) in [6.07, 6.45) is 2.53. The SMILES string of the molecule is CCOc1ccc(C(=O)NCC2CCCC2O)cc1N. The van der Waals surface area contributed by atoms with Gasteiger partial charge in [-0.2, -0.15) is 0 Å². The van der Waals surface area contributed by atoms with Crippen molar-refractivity contribution in [2.75, 3.05) is 18.9 Å². The quantitative estimate of drug-likeness (QED) is 0.714. The summed E-state index contributed by atoms with van der Waals surface area (Å²) in [6.45, 7) is 2.93. The van der Waals surface area contributed by atoms with Crippen molar-refractivity contribution >= 4 is 11.6 Å². The summed E-state index contributed by atoms with van der Waals surface area (Å²) in [5.41, 5.74) is 6.81. The monoisotopic (exact) mass is 278 g/mol. The maximum atomic E-state index is 12.0. The largest absolute Gasteiger partial charge is 0.492 e. The molecule has 1 fully saturated rings. The molecule has 1 amide bonds. The highest BCUT2D eigenvalue weighted by Gasteiger charge is 2.25. The molecule has 2 atom stereocenters. The van der Waals surface area contributed by atoms with Crippen LogP contribution < -0.4 is 15.8 Å². The Morgan fingerprint density at radius 3 is 2.90 bits per heavy atom. The van der Waals surface area contributed by atoms with Gasteiger partial charge in [-0.15, -0.1) is 0 Å². The zero-order valence-electron chi connectivity index (χ0n) is 11.8. The summed E-state index contributed by atoms with van der Waals surface area (Å²) in [7, 11) is 0. The number of aliphatic hydroxyl groups is 1. The highest BCUT2D eigenvalue weighted by molar-refractivity contribution is 5.95. The van der Waals surface area contributed by atoms with Crippen LogP contribution in [0, 0.1) is 5.92 Å². The fourth-order valence-corrected chi connectivity index (χ4v) is 2.56. The third-order valence-electron chi connectivity index (χ3n) is 3.72. The number of rotatable bonds is 5. The number of nitrogens with one attached hydrogen (secondary N) is 1. The van der Waals surface area contributed by atoms with Gasteiger partial charge in [-0.25, -0.2) is 0 Å². The summed E-state index contributed by atoms with van der Waals surface area (Å²) in [4.78, 5) is 12.0. The summed E-state index contributed by atoms with van der Waals surface area (Å²) < 4.78 is 5.34. The zero-order chi connectivity index (χ0) is 14.5. The number of ether oxygens (including phenoxy) is 1. The van der Waals surface area contributed by atoms with E-state index in [9.17, 15) is 9.90 Å². The highest BCUT2D eigenvalue weighted by atomic mass is 16.5. The lowest BCUT2D eigenvalue weighted by Crippen LogP contribution is -2.32. The average molecular weight is 278 g/mol. The molecule has 1 aromatic rings. The lowest BCUT2D eigenvalue weighted by molar-refractivity contribution is 0.0917. The molecule has 2 unspecified atom stereocenters. The van der Waals surface area contributed by atoms with Crippen LogP contribution in [0.15, 0.2) is 18.2 Å². The second-order valence-electron chi connectivity index (χ2n) is 5.15. The summed E-state index contributed by atoms with van der Waals surface area (Å²) in [5, 5.41) is 12.6. The van der Waals surface area contributed by atoms with Crippen LogP contribution in [0.4, 0.5) is 5.69 Å². The van der Waals surface area contributed by atoms with E-state index in [1.54, 1.807) is 18.2 Å². The van der Waals surface area contributed by atoms with Gasteiger partial charge in [0, 0.05) is 18.0 Å². The van der Waals surface area contributed by atoms with Crippen molar-refractivity contribution in [3.8, 4) is 5.75 Å². The number of anilines is 1. The Labute approximate surface area is 119 Å². The number of benzene rings is 1. The average Bonchev–Trinajstić information content (AvgIpc) is 2.84. The molecule has 0 radical (unpaired) electrons. The van der Waals surface area contributed by atoms with Gasteiger partial charge in [-0.3, -0.25) is 4.79 Å². The molecule has 0 spiro atoms. The van der Waals surface area contributed by atoms with Gasteiger partial charge < -0.3 is 20.9 Å². The van der Waals surface area contributed by atoms with E-state index < -0.39 is 0 Å². The molecular weight excluding hydrogens is 256 g/mol. The third kappa shape index (κ3) is 3.42. The van der Waals surface area contributed by atoms with Crippen molar-refractivity contribution in [3.63, 3.8) is 0 Å². The zero-order valence-corrected chi connectivity index (χ0v) is 11.8. The van der Waals surface area contributed by atoms with Crippen LogP contribution in [0.3, 0.4) is 0 Å². The predicted octanol–water partition coefficient (Wildman–Crippen LogP) is 1.56. The van der Waals surface area contributed by atoms with Gasteiger partial charge in [0.05, 0.1) is 18.4 Å². The Balaban J connectivity index is 1.93. The molecule has 0 aliphatic heterocycles. The van der Waals surface area contributed by atoms with E-state index in [4.69, 9.17) is 10.5 Å². The minimum Gasteiger partial charge on any atom is -0.492 e. The molecule has 1 aliphatic rings. The van der Waals surface area contributed by atoms with Crippen molar-refractivity contribution in [1.82, 2.24) is 5.32 Å². The number of aliphatic hydroxyl groups excluding tert-OH is 1. The van der Waals surface area contributed by atoms with Crippen LogP contribution in [-0.4, -0.2) is 30.3 Å². The lowest BCUT2D eigenvalue weighted by atomic mass is 10.1. The molecule has 0 bridgehead atoms. The molecule has 1 aliphatic carbocycles. The van der Waals surface area contributed by atoms with E-state index in [2.05, 4.69) is 5.32 Å². The van der Waals surface area contributed by atoms with Crippen LogP contribution in [0.5, 0.6) is 5.75 Å². The van der Waals surface area contributed by atoms with Crippen LogP contribution in [0.2, 0.25) is 0 Å². The Bertz CT molecular complexity index is 476. The van der Waals surface area contributed by atoms with Crippen molar-refractivity contribution in [2.45, 2.75) is 32.3 Å². The maximum Gasteiger partial charge on any atom is 0.251 e. The first-order valence-corrected chi connectivity index (χ1v) is 7.10. The molecule has 20 heavy (non-hydrogen) atoms. The molecular formula is C15H22N2O3. The van der Waals surface area contributed by atoms with Crippen LogP contribution in [0.25, 0.3) is 0 Å². The van der Waals surface area contributed by atoms with E-state index in [0.717, 1.165) is 19.3 Å². The van der Waals surface area contributed by atoms with E-state index in [1.807, 2.05) is 6.92 Å².